The number of primary sulfonamides is 1. The molecule has 13 nitrogen and oxygen atoms in total. The average molecular weight is 460 g/mol. The summed E-state index contributed by atoms with van der Waals surface area (Å²) in [5.74, 6) is 0.345. The van der Waals surface area contributed by atoms with Crippen molar-refractivity contribution >= 4 is 43.5 Å². The number of aromatic nitrogens is 3. The maximum atomic E-state index is 12.6. The van der Waals surface area contributed by atoms with Gasteiger partial charge >= 0.3 is 6.01 Å². The van der Waals surface area contributed by atoms with E-state index < -0.39 is 26.2 Å². The number of nitrogens with zero attached hydrogens (tertiary/aromatic N) is 5. The fourth-order valence-corrected chi connectivity index (χ4v) is 3.71. The summed E-state index contributed by atoms with van der Waals surface area (Å²) in [5.41, 5.74) is 4.16. The van der Waals surface area contributed by atoms with Crippen molar-refractivity contribution in [3.8, 4) is 0 Å². The molecule has 0 aliphatic heterocycles. The molecule has 2 heterocycles. The van der Waals surface area contributed by atoms with Crippen LogP contribution in [0.25, 0.3) is 10.9 Å². The smallest absolute Gasteiger partial charge is 0.314 e. The molecule has 0 amide bonds. The van der Waals surface area contributed by atoms with Crippen molar-refractivity contribution in [2.24, 2.45) is 15.3 Å². The monoisotopic (exact) mass is 460 g/mol. The lowest BCUT2D eigenvalue weighted by atomic mass is 10.2. The number of rotatable bonds is 5. The zero-order chi connectivity index (χ0) is 22.2. The Morgan fingerprint density at radius 2 is 1.94 bits per heavy atom. The molecule has 4 N–H and O–H groups in total. The zero-order valence-electron chi connectivity index (χ0n) is 15.6. The van der Waals surface area contributed by atoms with Crippen LogP contribution in [-0.4, -0.2) is 22.9 Å². The molecular formula is C16H12N8O5S2. The summed E-state index contributed by atoms with van der Waals surface area (Å²) in [6.45, 7) is 1.59. The average Bonchev–Trinajstić information content (AvgIpc) is 3.32. The van der Waals surface area contributed by atoms with Crippen LogP contribution in [0, 0.1) is 6.92 Å². The van der Waals surface area contributed by atoms with E-state index in [0.29, 0.717) is 21.7 Å². The zero-order valence-corrected chi connectivity index (χ0v) is 17.2. The van der Waals surface area contributed by atoms with Gasteiger partial charge in [0, 0.05) is 5.39 Å². The summed E-state index contributed by atoms with van der Waals surface area (Å²) in [6.07, 6.45) is 0. The highest BCUT2D eigenvalue weighted by Crippen LogP contribution is 2.29. The molecule has 0 fully saturated rings. The van der Waals surface area contributed by atoms with Gasteiger partial charge in [-0.25, -0.2) is 19.0 Å². The second-order valence-corrected chi connectivity index (χ2v) is 8.42. The molecular weight excluding hydrogens is 448 g/mol. The number of aryl methyl sites for hydroxylation is 1. The van der Waals surface area contributed by atoms with Crippen LogP contribution in [0.4, 0.5) is 11.0 Å². The van der Waals surface area contributed by atoms with Crippen LogP contribution in [0.5, 0.6) is 0 Å². The van der Waals surface area contributed by atoms with Crippen LogP contribution in [0.2, 0.25) is 0 Å². The van der Waals surface area contributed by atoms with Gasteiger partial charge in [-0.1, -0.05) is 5.16 Å². The van der Waals surface area contributed by atoms with Gasteiger partial charge in [-0.2, -0.15) is 19.6 Å². The highest BCUT2D eigenvalue weighted by Gasteiger charge is 2.12. The molecule has 0 unspecified atom stereocenters. The molecule has 2 aromatic carbocycles. The minimum atomic E-state index is -3.90. The molecule has 4 aromatic rings. The second kappa shape index (κ2) is 7.78. The van der Waals surface area contributed by atoms with Gasteiger partial charge < -0.3 is 4.52 Å². The minimum absolute atomic E-state index is 0.0847. The molecule has 0 aliphatic carbocycles. The Bertz CT molecular complexity index is 1630. The van der Waals surface area contributed by atoms with E-state index in [-0.39, 0.29) is 16.3 Å². The SMILES string of the molecule is Cc1noc(NN=c2c(=O)ccc(=NNc3snc4ccc(S(N)(=O)=O)cc34)c2=O)n1. The van der Waals surface area contributed by atoms with Gasteiger partial charge in [0.2, 0.25) is 20.9 Å². The molecule has 0 aliphatic rings. The molecule has 0 spiro atoms. The fourth-order valence-electron chi connectivity index (χ4n) is 2.47. The van der Waals surface area contributed by atoms with Crippen LogP contribution >= 0.6 is 11.5 Å². The van der Waals surface area contributed by atoms with Gasteiger partial charge in [0.05, 0.1) is 10.4 Å². The highest BCUT2D eigenvalue weighted by molar-refractivity contribution is 7.89. The van der Waals surface area contributed by atoms with Gasteiger partial charge in [0.15, 0.2) is 11.2 Å². The summed E-state index contributed by atoms with van der Waals surface area (Å²) in [7, 11) is -3.90. The lowest BCUT2D eigenvalue weighted by molar-refractivity contribution is 0.425. The van der Waals surface area contributed by atoms with E-state index in [9.17, 15) is 18.0 Å². The van der Waals surface area contributed by atoms with Crippen LogP contribution in [0.3, 0.4) is 0 Å². The molecule has 0 radical (unpaired) electrons. The summed E-state index contributed by atoms with van der Waals surface area (Å²) in [4.78, 5) is 28.4. The molecule has 15 heteroatoms. The Kier molecular flexibility index (Phi) is 5.14. The molecule has 0 saturated heterocycles. The quantitative estimate of drug-likeness (QED) is 0.314. The number of sulfonamides is 1. The van der Waals surface area contributed by atoms with E-state index in [1.807, 2.05) is 0 Å². The number of anilines is 2. The van der Waals surface area contributed by atoms with Crippen molar-refractivity contribution in [2.75, 3.05) is 10.9 Å². The number of fused-ring (bicyclic) bond motifs is 1. The fraction of sp³-hybridized carbons (Fsp3) is 0.0625. The molecule has 0 atom stereocenters. The number of nitrogens with one attached hydrogen (secondary N) is 2. The van der Waals surface area contributed by atoms with Crippen molar-refractivity contribution in [1.82, 2.24) is 14.5 Å². The first kappa shape index (κ1) is 20.5. The molecule has 31 heavy (non-hydrogen) atoms. The third-order valence-corrected chi connectivity index (χ3v) is 5.61. The Hall–Kier alpha value is -3.82. The first-order valence-electron chi connectivity index (χ1n) is 8.39. The summed E-state index contributed by atoms with van der Waals surface area (Å²) >= 11 is 1.01. The predicted molar refractivity (Wildman–Crippen MR) is 110 cm³/mol. The second-order valence-electron chi connectivity index (χ2n) is 6.09. The molecule has 158 valence electrons. The van der Waals surface area contributed by atoms with Gasteiger partial charge in [0.1, 0.15) is 10.4 Å². The summed E-state index contributed by atoms with van der Waals surface area (Å²) < 4.78 is 32.1. The minimum Gasteiger partial charge on any atom is -0.314 e. The Labute approximate surface area is 176 Å². The van der Waals surface area contributed by atoms with Crippen LogP contribution < -0.4 is 37.6 Å². The van der Waals surface area contributed by atoms with Crippen molar-refractivity contribution in [3.63, 3.8) is 0 Å². The summed E-state index contributed by atoms with van der Waals surface area (Å²) in [5, 5.41) is 16.7. The van der Waals surface area contributed by atoms with Gasteiger partial charge in [-0.05, 0) is 48.8 Å². The van der Waals surface area contributed by atoms with E-state index >= 15 is 0 Å². The molecule has 0 bridgehead atoms. The van der Waals surface area contributed by atoms with E-state index in [0.717, 1.165) is 17.6 Å². The lowest BCUT2D eigenvalue weighted by Crippen LogP contribution is -2.47. The third kappa shape index (κ3) is 4.23. The highest BCUT2D eigenvalue weighted by atomic mass is 32.2. The largest absolute Gasteiger partial charge is 0.341 e. The van der Waals surface area contributed by atoms with Crippen molar-refractivity contribution < 1.29 is 12.9 Å². The van der Waals surface area contributed by atoms with Gasteiger partial charge in [0.25, 0.3) is 0 Å². The van der Waals surface area contributed by atoms with Crippen LogP contribution in [0.15, 0.2) is 59.5 Å². The van der Waals surface area contributed by atoms with Crippen molar-refractivity contribution in [1.29, 1.82) is 0 Å². The van der Waals surface area contributed by atoms with Crippen molar-refractivity contribution in [2.45, 2.75) is 11.8 Å². The topological polar surface area (TPSA) is 195 Å². The maximum absolute atomic E-state index is 12.6. The Morgan fingerprint density at radius 3 is 2.65 bits per heavy atom. The Morgan fingerprint density at radius 1 is 1.13 bits per heavy atom. The number of nitrogens with two attached hydrogens (primary N) is 1. The van der Waals surface area contributed by atoms with Crippen molar-refractivity contribution in [3.05, 3.63) is 67.3 Å². The van der Waals surface area contributed by atoms with Gasteiger partial charge in [-0.15, -0.1) is 0 Å². The summed E-state index contributed by atoms with van der Waals surface area (Å²) in [6, 6.07) is 6.47. The number of hydrogen-bond acceptors (Lipinski definition) is 13. The lowest BCUT2D eigenvalue weighted by Gasteiger charge is -1.99. The number of benzene rings is 2. The van der Waals surface area contributed by atoms with E-state index in [1.165, 1.54) is 24.3 Å². The number of hydrogen-bond donors (Lipinski definition) is 3. The first-order valence-corrected chi connectivity index (χ1v) is 10.7. The third-order valence-electron chi connectivity index (χ3n) is 3.92. The molecule has 4 rings (SSSR count). The standard InChI is InChI=1S/C16H12N8O5S2/c1-7-18-16(29-23-7)22-20-13-12(25)5-4-11(14(13)26)19-21-15-9-6-8(31(17,27)28)2-3-10(9)24-30-15/h2-6,21H,1H3,(H2,17,27,28)(H,18,22,23). The van der Waals surface area contributed by atoms with E-state index in [2.05, 4.69) is 35.6 Å². The van der Waals surface area contributed by atoms with E-state index in [4.69, 9.17) is 9.66 Å². The normalized spacial score (nSPS) is 13.1. The molecule has 2 aromatic heterocycles. The molecule has 0 saturated carbocycles. The van der Waals surface area contributed by atoms with Crippen LogP contribution in [0.1, 0.15) is 5.82 Å². The van der Waals surface area contributed by atoms with Gasteiger partial charge in [-0.3, -0.25) is 15.0 Å². The van der Waals surface area contributed by atoms with E-state index in [1.54, 1.807) is 6.92 Å². The first-order chi connectivity index (χ1) is 14.7. The van der Waals surface area contributed by atoms with Crippen LogP contribution in [-0.2, 0) is 10.0 Å². The maximum Gasteiger partial charge on any atom is 0.341 e. The predicted octanol–water partition coefficient (Wildman–Crippen LogP) is -0.913. The Balaban J connectivity index is 1.72.